The third-order valence-corrected chi connectivity index (χ3v) is 3.49. The number of nitrogens with one attached hydrogen (secondary N) is 2. The van der Waals surface area contributed by atoms with Crippen molar-refractivity contribution in [2.75, 3.05) is 6.61 Å². The lowest BCUT2D eigenvalue weighted by atomic mass is 9.88. The molecule has 1 atom stereocenters. The van der Waals surface area contributed by atoms with Crippen LogP contribution in [0, 0.1) is 5.41 Å². The molecular formula is C17H24N2O2. The molecule has 0 saturated carbocycles. The van der Waals surface area contributed by atoms with E-state index in [4.69, 9.17) is 0 Å². The topological polar surface area (TPSA) is 65.1 Å². The fourth-order valence-electron chi connectivity index (χ4n) is 2.52. The van der Waals surface area contributed by atoms with E-state index in [2.05, 4.69) is 31.1 Å². The van der Waals surface area contributed by atoms with Crippen molar-refractivity contribution < 1.29 is 5.11 Å². The van der Waals surface area contributed by atoms with Gasteiger partial charge in [-0.3, -0.25) is 4.79 Å². The molecule has 0 spiro atoms. The van der Waals surface area contributed by atoms with Crippen molar-refractivity contribution in [1.29, 1.82) is 0 Å². The Morgan fingerprint density at radius 3 is 2.67 bits per heavy atom. The predicted octanol–water partition coefficient (Wildman–Crippen LogP) is 2.41. The molecule has 0 radical (unpaired) electrons. The normalized spacial score (nSPS) is 13.5. The highest BCUT2D eigenvalue weighted by Gasteiger charge is 2.18. The Kier molecular flexibility index (Phi) is 4.80. The SMILES string of the molecule is CC(C)(C)CC(CO)NCc1cc2ccccc2[nH]c1=O. The van der Waals surface area contributed by atoms with E-state index in [1.165, 1.54) is 0 Å². The lowest BCUT2D eigenvalue weighted by Gasteiger charge is -2.25. The Labute approximate surface area is 125 Å². The number of pyridine rings is 1. The molecule has 4 heteroatoms. The minimum atomic E-state index is -0.0753. The maximum Gasteiger partial charge on any atom is 0.252 e. The number of hydrogen-bond acceptors (Lipinski definition) is 3. The second-order valence-corrected chi connectivity index (χ2v) is 6.74. The number of H-pyrrole nitrogens is 1. The summed E-state index contributed by atoms with van der Waals surface area (Å²) in [6.07, 6.45) is 0.856. The third kappa shape index (κ3) is 4.41. The molecule has 0 aliphatic heterocycles. The molecule has 21 heavy (non-hydrogen) atoms. The molecule has 1 aromatic heterocycles. The molecule has 1 aromatic carbocycles. The highest BCUT2D eigenvalue weighted by Crippen LogP contribution is 2.20. The Morgan fingerprint density at radius 1 is 1.29 bits per heavy atom. The van der Waals surface area contributed by atoms with Crippen LogP contribution in [-0.2, 0) is 6.54 Å². The van der Waals surface area contributed by atoms with E-state index in [1.54, 1.807) is 0 Å². The van der Waals surface area contributed by atoms with Crippen LogP contribution in [0.4, 0.5) is 0 Å². The van der Waals surface area contributed by atoms with Crippen LogP contribution in [0.5, 0.6) is 0 Å². The van der Waals surface area contributed by atoms with Crippen molar-refractivity contribution in [2.45, 2.75) is 39.8 Å². The number of hydrogen-bond donors (Lipinski definition) is 3. The maximum atomic E-state index is 12.1. The van der Waals surface area contributed by atoms with Gasteiger partial charge in [0, 0.05) is 23.7 Å². The lowest BCUT2D eigenvalue weighted by molar-refractivity contribution is 0.198. The van der Waals surface area contributed by atoms with Gasteiger partial charge in [0.15, 0.2) is 0 Å². The van der Waals surface area contributed by atoms with Crippen LogP contribution >= 0.6 is 0 Å². The minimum Gasteiger partial charge on any atom is -0.395 e. The molecule has 1 unspecified atom stereocenters. The summed E-state index contributed by atoms with van der Waals surface area (Å²) in [7, 11) is 0. The van der Waals surface area contributed by atoms with Gasteiger partial charge < -0.3 is 15.4 Å². The first-order chi connectivity index (χ1) is 9.89. The molecule has 1 heterocycles. The second kappa shape index (κ2) is 6.41. The van der Waals surface area contributed by atoms with Crippen molar-refractivity contribution in [1.82, 2.24) is 10.3 Å². The monoisotopic (exact) mass is 288 g/mol. The van der Waals surface area contributed by atoms with E-state index in [9.17, 15) is 9.90 Å². The van der Waals surface area contributed by atoms with E-state index in [0.717, 1.165) is 17.3 Å². The molecule has 0 aliphatic carbocycles. The zero-order valence-electron chi connectivity index (χ0n) is 12.9. The fraction of sp³-hybridized carbons (Fsp3) is 0.471. The molecule has 0 aliphatic rings. The molecule has 2 aromatic rings. The highest BCUT2D eigenvalue weighted by atomic mass is 16.3. The summed E-state index contributed by atoms with van der Waals surface area (Å²) in [4.78, 5) is 15.0. The first-order valence-electron chi connectivity index (χ1n) is 7.34. The van der Waals surface area contributed by atoms with E-state index in [-0.39, 0.29) is 23.6 Å². The fourth-order valence-corrected chi connectivity index (χ4v) is 2.52. The summed E-state index contributed by atoms with van der Waals surface area (Å²) >= 11 is 0. The molecule has 0 amide bonds. The van der Waals surface area contributed by atoms with Crippen LogP contribution in [0.1, 0.15) is 32.8 Å². The molecule has 2 rings (SSSR count). The zero-order chi connectivity index (χ0) is 15.5. The van der Waals surface area contributed by atoms with Crippen molar-refractivity contribution in [2.24, 2.45) is 5.41 Å². The van der Waals surface area contributed by atoms with Crippen LogP contribution < -0.4 is 10.9 Å². The number of aliphatic hydroxyl groups excluding tert-OH is 1. The van der Waals surface area contributed by atoms with Gasteiger partial charge in [-0.25, -0.2) is 0 Å². The summed E-state index contributed by atoms with van der Waals surface area (Å²) in [5, 5.41) is 13.8. The van der Waals surface area contributed by atoms with Crippen LogP contribution in [0.2, 0.25) is 0 Å². The molecular weight excluding hydrogens is 264 g/mol. The third-order valence-electron chi connectivity index (χ3n) is 3.49. The van der Waals surface area contributed by atoms with E-state index >= 15 is 0 Å². The summed E-state index contributed by atoms with van der Waals surface area (Å²) in [6, 6.07) is 9.63. The molecule has 0 bridgehead atoms. The van der Waals surface area contributed by atoms with Gasteiger partial charge in [-0.2, -0.15) is 0 Å². The first-order valence-corrected chi connectivity index (χ1v) is 7.34. The smallest absolute Gasteiger partial charge is 0.252 e. The summed E-state index contributed by atoms with van der Waals surface area (Å²) in [5.74, 6) is 0. The molecule has 0 saturated heterocycles. The maximum absolute atomic E-state index is 12.1. The number of para-hydroxylation sites is 1. The van der Waals surface area contributed by atoms with Gasteiger partial charge in [0.25, 0.3) is 5.56 Å². The molecule has 114 valence electrons. The number of aromatic nitrogens is 1. The van der Waals surface area contributed by atoms with E-state index in [0.29, 0.717) is 12.1 Å². The standard InChI is InChI=1S/C17H24N2O2/c1-17(2,3)9-14(11-20)18-10-13-8-12-6-4-5-7-15(12)19-16(13)21/h4-8,14,18,20H,9-11H2,1-3H3,(H,19,21). The quantitative estimate of drug-likeness (QED) is 0.791. The predicted molar refractivity (Wildman–Crippen MR) is 86.4 cm³/mol. The van der Waals surface area contributed by atoms with E-state index < -0.39 is 0 Å². The number of aromatic amines is 1. The largest absolute Gasteiger partial charge is 0.395 e. The summed E-state index contributed by atoms with van der Waals surface area (Å²) < 4.78 is 0. The number of aliphatic hydroxyl groups is 1. The van der Waals surface area contributed by atoms with Gasteiger partial charge in [-0.05, 0) is 29.4 Å². The Morgan fingerprint density at radius 2 is 2.00 bits per heavy atom. The van der Waals surface area contributed by atoms with Gasteiger partial charge in [0.1, 0.15) is 0 Å². The lowest BCUT2D eigenvalue weighted by Crippen LogP contribution is -2.36. The Bertz CT molecular complexity index is 656. The van der Waals surface area contributed by atoms with Crippen molar-refractivity contribution in [3.8, 4) is 0 Å². The molecule has 4 nitrogen and oxygen atoms in total. The van der Waals surface area contributed by atoms with Crippen molar-refractivity contribution in [3.05, 3.63) is 46.2 Å². The number of fused-ring (bicyclic) bond motifs is 1. The van der Waals surface area contributed by atoms with Gasteiger partial charge in [-0.15, -0.1) is 0 Å². The number of rotatable bonds is 5. The minimum absolute atomic E-state index is 0.00382. The highest BCUT2D eigenvalue weighted by molar-refractivity contribution is 5.78. The average Bonchev–Trinajstić information content (AvgIpc) is 2.42. The van der Waals surface area contributed by atoms with Crippen LogP contribution in [-0.4, -0.2) is 22.7 Å². The molecule has 3 N–H and O–H groups in total. The van der Waals surface area contributed by atoms with Gasteiger partial charge in [-0.1, -0.05) is 39.0 Å². The summed E-state index contributed by atoms with van der Waals surface area (Å²) in [6.45, 7) is 6.95. The summed E-state index contributed by atoms with van der Waals surface area (Å²) in [5.41, 5.74) is 1.60. The van der Waals surface area contributed by atoms with Gasteiger partial charge in [0.2, 0.25) is 0 Å². The average molecular weight is 288 g/mol. The first kappa shape index (κ1) is 15.7. The second-order valence-electron chi connectivity index (χ2n) is 6.74. The zero-order valence-corrected chi connectivity index (χ0v) is 12.9. The van der Waals surface area contributed by atoms with Crippen molar-refractivity contribution in [3.63, 3.8) is 0 Å². The van der Waals surface area contributed by atoms with E-state index in [1.807, 2.05) is 30.3 Å². The van der Waals surface area contributed by atoms with Crippen molar-refractivity contribution >= 4 is 10.9 Å². The Balaban J connectivity index is 2.12. The van der Waals surface area contributed by atoms with Crippen LogP contribution in [0.3, 0.4) is 0 Å². The Hall–Kier alpha value is -1.65. The van der Waals surface area contributed by atoms with Crippen LogP contribution in [0.15, 0.2) is 35.1 Å². The van der Waals surface area contributed by atoms with Gasteiger partial charge in [0.05, 0.1) is 6.61 Å². The van der Waals surface area contributed by atoms with Gasteiger partial charge >= 0.3 is 0 Å². The molecule has 0 fully saturated rings. The number of benzene rings is 1. The van der Waals surface area contributed by atoms with Crippen LogP contribution in [0.25, 0.3) is 10.9 Å².